The molecule has 0 atom stereocenters. The molecule has 0 fully saturated rings. The number of thiophene rings is 2. The average Bonchev–Trinajstić information content (AvgIpc) is 1.41. The van der Waals surface area contributed by atoms with Crippen LogP contribution >= 0.6 is 20.9 Å². The van der Waals surface area contributed by atoms with E-state index >= 15 is 0 Å². The fourth-order valence-corrected chi connectivity index (χ4v) is 26.8. The van der Waals surface area contributed by atoms with Gasteiger partial charge in [0, 0.05) is 95.1 Å². The Kier molecular flexibility index (Phi) is 21.7. The summed E-state index contributed by atoms with van der Waals surface area (Å²) in [6.45, 7) is 6.82. The Morgan fingerprint density at radius 2 is 0.582 bits per heavy atom. The fraction of sp³-hybridized carbons (Fsp3) is 0.0891. The molecule has 110 heavy (non-hydrogen) atoms. The molecule has 0 spiro atoms. The second-order valence-electron chi connectivity index (χ2n) is 28.1. The van der Waals surface area contributed by atoms with E-state index in [9.17, 15) is 4.79 Å². The number of benzene rings is 15. The zero-order valence-electron chi connectivity index (χ0n) is 62.1. The zero-order valence-corrected chi connectivity index (χ0v) is 66.1. The van der Waals surface area contributed by atoms with Crippen molar-refractivity contribution < 1.29 is 14.3 Å². The average molecular weight is 1520 g/mol. The van der Waals surface area contributed by atoms with Crippen molar-refractivity contribution in [1.29, 1.82) is 5.26 Å². The highest BCUT2D eigenvalue weighted by molar-refractivity contribution is 7.98. The Bertz CT molecular complexity index is 5950. The summed E-state index contributed by atoms with van der Waals surface area (Å²) >= 11 is 0. The third-order valence-electron chi connectivity index (χ3n) is 20.3. The van der Waals surface area contributed by atoms with Crippen LogP contribution in [0, 0.1) is 11.3 Å². The molecule has 2 aromatic heterocycles. The number of carbonyl (C=O) groups is 1. The van der Waals surface area contributed by atoms with Gasteiger partial charge in [-0.2, -0.15) is 5.26 Å². The molecule has 17 aromatic rings. The highest BCUT2D eigenvalue weighted by Crippen LogP contribution is 2.51. The molecule has 0 aliphatic carbocycles. The zero-order chi connectivity index (χ0) is 75.1. The Labute approximate surface area is 659 Å². The van der Waals surface area contributed by atoms with Crippen molar-refractivity contribution in [2.24, 2.45) is 0 Å². The number of hydrogen-bond acceptors (Lipinski definition) is 4. The number of nitriles is 1. The molecule has 0 radical (unpaired) electrons. The summed E-state index contributed by atoms with van der Waals surface area (Å²) in [6.07, 6.45) is 3.14. The van der Waals surface area contributed by atoms with Gasteiger partial charge in [0.2, 0.25) is 0 Å². The first-order valence-corrected chi connectivity index (χ1v) is 43.2. The van der Waals surface area contributed by atoms with E-state index in [1.165, 1.54) is 140 Å². The maximum absolute atomic E-state index is 11.6. The monoisotopic (exact) mass is 1520 g/mol. The van der Waals surface area contributed by atoms with Crippen LogP contribution in [-0.2, 0) is 62.1 Å². The van der Waals surface area contributed by atoms with Crippen molar-refractivity contribution in [3.05, 3.63) is 420 Å². The Hall–Kier alpha value is -11.5. The van der Waals surface area contributed by atoms with E-state index in [2.05, 4.69) is 360 Å². The van der Waals surface area contributed by atoms with E-state index in [1.807, 2.05) is 36.4 Å². The van der Waals surface area contributed by atoms with Crippen LogP contribution in [0.25, 0.3) is 50.1 Å². The standard InChI is InChI=1S/C23H23S.C20H15O2S.C20H17OS.C19H12NS.C19H15S/c1-23(2,3)19-12-14-20(15-13-19)24-21-10-6-4-8-17(21)16-18-9-5-7-11-22(18)24;1-22-20(21)14-10-12-15(13-11-14)23-18-8-4-2-6-16(18)17-7-3-5-9-19(17)23;1-21-17-10-12-18(13-11-17)22-19-8-4-2-6-15(19)14-16-7-3-5-9-20(16)22;20-13-14-9-11-15(12-10-14)21-18-7-3-1-5-16(18)17-6-2-4-8-19(17)21;1-2-10-17(11-3-1)20-18-12-6-4-8-15(18)14-16-9-5-7-13-19(16)20/h4-15H,16H2,1-3H3;2-13H,1H3;2-13H,14H2,1H3;1-12H;1-13H,14H2/q5*+1. The smallest absolute Gasteiger partial charge is 0.337 e. The minimum absolute atomic E-state index is 0.00703. The topological polar surface area (TPSA) is 59.3 Å². The van der Waals surface area contributed by atoms with Crippen molar-refractivity contribution in [2.45, 2.75) is 89.5 Å². The van der Waals surface area contributed by atoms with Crippen LogP contribution in [0.2, 0.25) is 0 Å². The maximum Gasteiger partial charge on any atom is 0.337 e. The second-order valence-corrected chi connectivity index (χ2v) is 37.9. The van der Waals surface area contributed by atoms with Crippen molar-refractivity contribution in [2.75, 3.05) is 14.2 Å². The molecule has 0 amide bonds. The molecule has 0 bridgehead atoms. The fourth-order valence-electron chi connectivity index (χ4n) is 14.9. The van der Waals surface area contributed by atoms with Crippen LogP contribution in [0.3, 0.4) is 0 Å². The molecule has 9 heteroatoms. The largest absolute Gasteiger partial charge is 0.497 e. The van der Waals surface area contributed by atoms with Crippen molar-refractivity contribution in [1.82, 2.24) is 0 Å². The number of methoxy groups -OCH3 is 2. The maximum atomic E-state index is 11.6. The molecule has 15 aromatic carbocycles. The molecule has 534 valence electrons. The highest BCUT2D eigenvalue weighted by Gasteiger charge is 2.40. The predicted octanol–water partition coefficient (Wildman–Crippen LogP) is 26.5. The molecule has 5 heterocycles. The number of nitrogens with zero attached hydrogens (tertiary/aromatic N) is 1. The summed E-state index contributed by atoms with van der Waals surface area (Å²) in [5.74, 6) is 0.609. The SMILES string of the molecule is CC(C)(C)c1ccc([S+]2c3ccccc3Cc3ccccc32)cc1.COC(=O)c1ccc(-[s+]2c3ccccc3c3ccccc32)cc1.COc1ccc([S+]2c3ccccc3Cc3ccccc32)cc1.N#Cc1ccc(-[s+]2c3ccccc3c3ccccc32)cc1.c1ccc([S+]2c3ccccc3Cc3ccccc32)cc1. The predicted molar refractivity (Wildman–Crippen MR) is 465 cm³/mol. The Morgan fingerprint density at radius 3 is 0.891 bits per heavy atom. The van der Waals surface area contributed by atoms with E-state index in [4.69, 9.17) is 14.7 Å². The van der Waals surface area contributed by atoms with Crippen LogP contribution in [-0.4, -0.2) is 20.2 Å². The lowest BCUT2D eigenvalue weighted by Crippen LogP contribution is -2.16. The van der Waals surface area contributed by atoms with Crippen molar-refractivity contribution in [3.8, 4) is 21.6 Å². The lowest BCUT2D eigenvalue weighted by Gasteiger charge is -2.21. The van der Waals surface area contributed by atoms with Crippen LogP contribution in [0.4, 0.5) is 0 Å². The summed E-state index contributed by atoms with van der Waals surface area (Å²) in [5, 5.41) is 14.2. The van der Waals surface area contributed by atoms with Crippen LogP contribution < -0.4 is 4.74 Å². The van der Waals surface area contributed by atoms with Gasteiger partial charge in [-0.15, -0.1) is 0 Å². The van der Waals surface area contributed by atoms with Gasteiger partial charge in [0.15, 0.2) is 72.6 Å². The highest BCUT2D eigenvalue weighted by atomic mass is 32.2. The number of rotatable bonds is 7. The van der Waals surface area contributed by atoms with Gasteiger partial charge >= 0.3 is 5.97 Å². The molecule has 0 saturated carbocycles. The molecular formula is C101H82NO3S5+5. The van der Waals surface area contributed by atoms with E-state index in [1.54, 1.807) is 7.11 Å². The summed E-state index contributed by atoms with van der Waals surface area (Å²) in [4.78, 5) is 27.1. The van der Waals surface area contributed by atoms with Gasteiger partial charge in [-0.1, -0.05) is 209 Å². The van der Waals surface area contributed by atoms with Crippen LogP contribution in [0.15, 0.2) is 414 Å². The first-order chi connectivity index (χ1) is 54.0. The molecule has 3 aliphatic heterocycles. The summed E-state index contributed by atoms with van der Waals surface area (Å²) in [6, 6.07) is 134. The van der Waals surface area contributed by atoms with Crippen LogP contribution in [0.1, 0.15) is 75.6 Å². The minimum Gasteiger partial charge on any atom is -0.497 e. The minimum atomic E-state index is -0.299. The Balaban J connectivity index is 0.000000105. The third kappa shape index (κ3) is 15.0. The first-order valence-electron chi connectivity index (χ1n) is 37.1. The molecule has 0 unspecified atom stereocenters. The van der Waals surface area contributed by atoms with Gasteiger partial charge in [0.25, 0.3) is 0 Å². The lowest BCUT2D eigenvalue weighted by molar-refractivity contribution is 0.0600. The number of hydrogen-bond donors (Lipinski definition) is 0. The van der Waals surface area contributed by atoms with Crippen molar-refractivity contribution in [3.63, 3.8) is 0 Å². The normalized spacial score (nSPS) is 12.6. The summed E-state index contributed by atoms with van der Waals surface area (Å²) in [7, 11) is 2.96. The summed E-state index contributed by atoms with van der Waals surface area (Å²) < 4.78 is 15.5. The van der Waals surface area contributed by atoms with Gasteiger partial charge in [-0.05, 0) is 193 Å². The quantitative estimate of drug-likeness (QED) is 0.118. The molecule has 4 nitrogen and oxygen atoms in total. The lowest BCUT2D eigenvalue weighted by atomic mass is 9.87. The number of ether oxygens (including phenoxy) is 2. The molecule has 3 aliphatic rings. The number of carbonyl (C=O) groups excluding carboxylic acids is 1. The van der Waals surface area contributed by atoms with Gasteiger partial charge in [0.05, 0.1) is 64.1 Å². The second kappa shape index (κ2) is 32.8. The summed E-state index contributed by atoms with van der Waals surface area (Å²) in [5.41, 5.74) is 11.7. The van der Waals surface area contributed by atoms with Gasteiger partial charge in [-0.3, -0.25) is 0 Å². The number of esters is 1. The molecule has 0 N–H and O–H groups in total. The van der Waals surface area contributed by atoms with Gasteiger partial charge in [0.1, 0.15) is 5.75 Å². The Morgan fingerprint density at radius 1 is 0.309 bits per heavy atom. The van der Waals surface area contributed by atoms with Gasteiger partial charge < -0.3 is 9.47 Å². The van der Waals surface area contributed by atoms with E-state index in [0.29, 0.717) is 11.1 Å². The van der Waals surface area contributed by atoms with Gasteiger partial charge in [-0.25, -0.2) is 4.79 Å². The first kappa shape index (κ1) is 72.7. The number of fused-ring (bicyclic) bond motifs is 12. The van der Waals surface area contributed by atoms with Crippen molar-refractivity contribution >= 4 is 99.9 Å². The third-order valence-corrected chi connectivity index (χ3v) is 32.2. The van der Waals surface area contributed by atoms with Crippen LogP contribution in [0.5, 0.6) is 5.75 Å². The molecule has 20 rings (SSSR count). The van der Waals surface area contributed by atoms with E-state index in [-0.39, 0.29) is 65.0 Å². The molecular weight excluding hydrogens is 1440 g/mol. The van der Waals surface area contributed by atoms with E-state index in [0.717, 1.165) is 25.0 Å². The van der Waals surface area contributed by atoms with E-state index < -0.39 is 0 Å². The molecule has 0 saturated heterocycles.